The topological polar surface area (TPSA) is 0 Å². The molecule has 0 bridgehead atoms. The van der Waals surface area contributed by atoms with Crippen molar-refractivity contribution >= 4 is 10.2 Å². The zero-order valence-electron chi connectivity index (χ0n) is 18.1. The van der Waals surface area contributed by atoms with Crippen LogP contribution in [-0.2, 0) is 39.0 Å². The van der Waals surface area contributed by atoms with Crippen LogP contribution in [0.5, 0.6) is 0 Å². The van der Waals surface area contributed by atoms with Gasteiger partial charge in [-0.15, -0.1) is 0 Å². The fourth-order valence-electron chi connectivity index (χ4n) is 3.92. The minimum Gasteiger partial charge on any atom is -1.00 e. The monoisotopic (exact) mass is 549 g/mol. The Labute approximate surface area is 222 Å². The van der Waals surface area contributed by atoms with Crippen molar-refractivity contribution in [2.75, 3.05) is 0 Å². The van der Waals surface area contributed by atoms with Crippen LogP contribution in [0.25, 0.3) is 11.1 Å². The standard InChI is InChI=1S/C15H14.C6H11Si.C5H5F.2ClH.Zr/c1-2-11-7-8-13-10-12-5-3-4-6-14(12)15(13)9-11;7-6-4-2-1-3-5-6;6-5-3-1-2-4-5;;;/h3-9H,2,10H2,1H3;6H,1-5H2;1,3-4H,2H2;2*1H;/q;;;;;+2/p-2. The fourth-order valence-corrected chi connectivity index (χ4v) is 4.33. The predicted octanol–water partition coefficient (Wildman–Crippen LogP) is 1.53. The molecule has 0 unspecified atom stereocenters. The van der Waals surface area contributed by atoms with Gasteiger partial charge >= 0.3 is 26.2 Å². The molecule has 0 aliphatic heterocycles. The molecular weight excluding hydrogens is 522 g/mol. The summed E-state index contributed by atoms with van der Waals surface area (Å²) in [6, 6.07) is 15.6. The molecule has 163 valence electrons. The molecule has 3 aliphatic carbocycles. The minimum atomic E-state index is -0.102. The first-order chi connectivity index (χ1) is 13.7. The summed E-state index contributed by atoms with van der Waals surface area (Å²) in [5.74, 6) is -0.102. The molecule has 0 nitrogen and oxygen atoms in total. The third kappa shape index (κ3) is 9.50. The second-order valence-corrected chi connectivity index (χ2v) is 8.56. The number of halogens is 3. The van der Waals surface area contributed by atoms with Gasteiger partial charge in [0, 0.05) is 10.2 Å². The molecule has 2 aromatic rings. The number of allylic oxidation sites excluding steroid dienone is 4. The molecule has 2 aromatic carbocycles. The van der Waals surface area contributed by atoms with Crippen LogP contribution in [0.15, 0.2) is 66.5 Å². The Morgan fingerprint density at radius 2 is 1.61 bits per heavy atom. The van der Waals surface area contributed by atoms with E-state index in [-0.39, 0.29) is 56.8 Å². The summed E-state index contributed by atoms with van der Waals surface area (Å²) in [4.78, 5) is 0. The molecule has 0 spiro atoms. The van der Waals surface area contributed by atoms with Crippen LogP contribution < -0.4 is 24.8 Å². The summed E-state index contributed by atoms with van der Waals surface area (Å²) in [6.45, 7) is 2.21. The van der Waals surface area contributed by atoms with E-state index in [1.165, 1.54) is 66.0 Å². The molecule has 3 radical (unpaired) electrons. The number of rotatable bonds is 1. The van der Waals surface area contributed by atoms with E-state index in [1.54, 1.807) is 12.2 Å². The van der Waals surface area contributed by atoms with Crippen LogP contribution in [0, 0.1) is 0 Å². The summed E-state index contributed by atoms with van der Waals surface area (Å²) in [5, 5.41) is 0. The van der Waals surface area contributed by atoms with E-state index >= 15 is 0 Å². The molecule has 0 atom stereocenters. The summed E-state index contributed by atoms with van der Waals surface area (Å²) >= 11 is 0. The molecule has 0 N–H and O–H groups in total. The van der Waals surface area contributed by atoms with Crippen LogP contribution in [0.3, 0.4) is 0 Å². The van der Waals surface area contributed by atoms with E-state index < -0.39 is 0 Å². The van der Waals surface area contributed by atoms with Crippen molar-refractivity contribution in [3.8, 4) is 11.1 Å². The van der Waals surface area contributed by atoms with Gasteiger partial charge in [-0.05, 0) is 59.2 Å². The van der Waals surface area contributed by atoms with Crippen molar-refractivity contribution in [2.24, 2.45) is 0 Å². The van der Waals surface area contributed by atoms with Crippen molar-refractivity contribution < 1.29 is 55.4 Å². The summed E-state index contributed by atoms with van der Waals surface area (Å²) in [6.07, 6.45) is 14.9. The van der Waals surface area contributed by atoms with Gasteiger partial charge in [0.25, 0.3) is 0 Å². The Morgan fingerprint density at radius 3 is 2.13 bits per heavy atom. The largest absolute Gasteiger partial charge is 2.00 e. The summed E-state index contributed by atoms with van der Waals surface area (Å²) in [7, 11) is 3.63. The van der Waals surface area contributed by atoms with Crippen LogP contribution in [0.4, 0.5) is 4.39 Å². The maximum absolute atomic E-state index is 11.7. The molecule has 3 aliphatic rings. The number of hydrogen-bond donors (Lipinski definition) is 0. The molecular formula is C26H30Cl2FSiZr. The zero-order valence-corrected chi connectivity index (χ0v) is 23.1. The van der Waals surface area contributed by atoms with Crippen molar-refractivity contribution in [1.29, 1.82) is 0 Å². The van der Waals surface area contributed by atoms with Gasteiger partial charge in [-0.3, -0.25) is 0 Å². The Morgan fingerprint density at radius 1 is 0.935 bits per heavy atom. The second-order valence-electron chi connectivity index (χ2n) is 7.74. The van der Waals surface area contributed by atoms with Crippen LogP contribution in [0.2, 0.25) is 5.54 Å². The Bertz CT molecular complexity index is 842. The molecule has 0 aromatic heterocycles. The maximum Gasteiger partial charge on any atom is 2.00 e. The Balaban J connectivity index is 0.000000478. The van der Waals surface area contributed by atoms with Gasteiger partial charge in [-0.2, -0.15) is 0 Å². The van der Waals surface area contributed by atoms with Crippen LogP contribution in [-0.4, -0.2) is 10.2 Å². The first-order valence-corrected chi connectivity index (χ1v) is 11.2. The third-order valence-corrected chi connectivity index (χ3v) is 6.18. The second kappa shape index (κ2) is 16.2. The third-order valence-electron chi connectivity index (χ3n) is 5.60. The van der Waals surface area contributed by atoms with Crippen molar-refractivity contribution in [3.05, 3.63) is 83.2 Å². The molecule has 1 fully saturated rings. The van der Waals surface area contributed by atoms with Crippen molar-refractivity contribution in [2.45, 2.75) is 63.8 Å². The summed E-state index contributed by atoms with van der Waals surface area (Å²) in [5.41, 5.74) is 8.11. The van der Waals surface area contributed by atoms with E-state index in [2.05, 4.69) is 59.6 Å². The van der Waals surface area contributed by atoms with Gasteiger partial charge in [0.1, 0.15) is 5.83 Å². The van der Waals surface area contributed by atoms with Gasteiger partial charge in [-0.25, -0.2) is 4.39 Å². The van der Waals surface area contributed by atoms with Gasteiger partial charge < -0.3 is 24.8 Å². The predicted molar refractivity (Wildman–Crippen MR) is 120 cm³/mol. The van der Waals surface area contributed by atoms with Crippen LogP contribution in [0.1, 0.15) is 62.1 Å². The van der Waals surface area contributed by atoms with E-state index in [4.69, 9.17) is 0 Å². The summed E-state index contributed by atoms with van der Waals surface area (Å²) < 4.78 is 11.7. The molecule has 5 rings (SSSR count). The quantitative estimate of drug-likeness (QED) is 0.403. The molecule has 0 amide bonds. The van der Waals surface area contributed by atoms with Gasteiger partial charge in [0.15, 0.2) is 0 Å². The first-order valence-electron chi connectivity index (χ1n) is 10.6. The number of fused-ring (bicyclic) bond motifs is 3. The molecule has 0 heterocycles. The van der Waals surface area contributed by atoms with E-state index in [0.717, 1.165) is 24.8 Å². The van der Waals surface area contributed by atoms with Crippen molar-refractivity contribution in [3.63, 3.8) is 0 Å². The first kappa shape index (κ1) is 30.5. The average molecular weight is 552 g/mol. The van der Waals surface area contributed by atoms with Crippen LogP contribution >= 0.6 is 0 Å². The Hall–Kier alpha value is -0.470. The molecule has 0 saturated heterocycles. The number of hydrogen-bond acceptors (Lipinski definition) is 0. The smallest absolute Gasteiger partial charge is 1.00 e. The zero-order chi connectivity index (χ0) is 19.8. The number of benzene rings is 2. The van der Waals surface area contributed by atoms with E-state index in [9.17, 15) is 4.39 Å². The fraction of sp³-hybridized carbons (Fsp3) is 0.385. The van der Waals surface area contributed by atoms with Crippen molar-refractivity contribution in [1.82, 2.24) is 0 Å². The molecule has 1 saturated carbocycles. The average Bonchev–Trinajstić information content (AvgIpc) is 3.35. The normalized spacial score (nSPS) is 15.3. The maximum atomic E-state index is 11.7. The minimum absolute atomic E-state index is 0. The Kier molecular flexibility index (Phi) is 15.9. The SMILES string of the molecule is CCc1ccc2c(c1)-c1ccccc1C2.FC1=CCC=C1.[Cl-].[Cl-].[Si]C1CCCCC1.[Zr+2]. The molecule has 5 heteroatoms. The van der Waals surface area contributed by atoms with Gasteiger partial charge in [0.2, 0.25) is 0 Å². The van der Waals surface area contributed by atoms with E-state index in [1.807, 2.05) is 0 Å². The molecule has 31 heavy (non-hydrogen) atoms. The van der Waals surface area contributed by atoms with E-state index in [0.29, 0.717) is 0 Å². The number of aryl methyl sites for hydroxylation is 1. The van der Waals surface area contributed by atoms with Gasteiger partial charge in [-0.1, -0.05) is 93.1 Å². The van der Waals surface area contributed by atoms with Gasteiger partial charge in [0.05, 0.1) is 0 Å².